The number of carbonyl (C=O) groups is 1. The number of para-hydroxylation sites is 1. The first-order valence-corrected chi connectivity index (χ1v) is 12.2. The lowest BCUT2D eigenvalue weighted by Gasteiger charge is -2.08. The van der Waals surface area contributed by atoms with Gasteiger partial charge in [-0.2, -0.15) is 5.26 Å². The van der Waals surface area contributed by atoms with Crippen molar-refractivity contribution in [1.29, 1.82) is 5.26 Å². The minimum Gasteiger partial charge on any atom is -0.321 e. The molecule has 0 fully saturated rings. The molecule has 7 heteroatoms. The van der Waals surface area contributed by atoms with Crippen molar-refractivity contribution in [2.75, 3.05) is 5.32 Å². The molecule has 3 aromatic carbocycles. The van der Waals surface area contributed by atoms with E-state index in [4.69, 9.17) is 11.6 Å². The number of rotatable bonds is 5. The third-order valence-corrected chi connectivity index (χ3v) is 6.85. The molecule has 0 saturated carbocycles. The Labute approximate surface area is 211 Å². The monoisotopic (exact) mass is 499 g/mol. The van der Waals surface area contributed by atoms with E-state index >= 15 is 0 Å². The number of hydrogen-bond donors (Lipinski definition) is 1. The molecule has 1 N–H and O–H groups in total. The number of nitrogens with zero attached hydrogens (tertiary/aromatic N) is 2. The molecule has 0 aliphatic rings. The molecule has 35 heavy (non-hydrogen) atoms. The van der Waals surface area contributed by atoms with Crippen LogP contribution in [0.3, 0.4) is 0 Å². The molecule has 4 aromatic rings. The van der Waals surface area contributed by atoms with Gasteiger partial charge < -0.3 is 5.32 Å². The first-order chi connectivity index (χ1) is 16.9. The van der Waals surface area contributed by atoms with Crippen molar-refractivity contribution in [2.45, 2.75) is 19.8 Å². The largest absolute Gasteiger partial charge is 0.321 e. The smallest absolute Gasteiger partial charge is 0.273 e. The van der Waals surface area contributed by atoms with E-state index in [1.807, 2.05) is 30.3 Å². The third kappa shape index (κ3) is 5.27. The molecule has 0 aliphatic heterocycles. The molecule has 0 radical (unpaired) electrons. The number of hydrogen-bond acceptors (Lipinski definition) is 4. The van der Waals surface area contributed by atoms with Crippen molar-refractivity contribution in [3.8, 4) is 11.8 Å². The molecule has 1 heterocycles. The standard InChI is InChI=1S/C28H22ClN3O2S/c1-18(2)19-12-14-21(15-13-19)31-26(33)23(17-30)28-32(22-9-4-3-5-10-22)27(34)25(35-28)16-20-8-6-7-11-24(20)29/h3-16,18H,1-2H3,(H,31,33). The minimum atomic E-state index is -0.583. The second-order valence-corrected chi connectivity index (χ2v) is 9.57. The van der Waals surface area contributed by atoms with Crippen molar-refractivity contribution >= 4 is 46.2 Å². The number of benzene rings is 3. The molecule has 174 valence electrons. The van der Waals surface area contributed by atoms with E-state index in [1.54, 1.807) is 60.7 Å². The van der Waals surface area contributed by atoms with Crippen molar-refractivity contribution in [3.63, 3.8) is 0 Å². The topological polar surface area (TPSA) is 74.9 Å². The van der Waals surface area contributed by atoms with Crippen LogP contribution in [-0.2, 0) is 4.79 Å². The molecule has 5 nitrogen and oxygen atoms in total. The second kappa shape index (κ2) is 10.6. The highest BCUT2D eigenvalue weighted by Gasteiger charge is 2.17. The van der Waals surface area contributed by atoms with Crippen LogP contribution in [0.15, 0.2) is 83.7 Å². The Kier molecular flexibility index (Phi) is 7.31. The molecule has 0 spiro atoms. The second-order valence-electron chi connectivity index (χ2n) is 8.13. The van der Waals surface area contributed by atoms with Gasteiger partial charge in [-0.25, -0.2) is 0 Å². The molecular weight excluding hydrogens is 478 g/mol. The fraction of sp³-hybridized carbons (Fsp3) is 0.107. The van der Waals surface area contributed by atoms with Gasteiger partial charge in [0.15, 0.2) is 5.57 Å². The van der Waals surface area contributed by atoms with Gasteiger partial charge in [-0.1, -0.05) is 74.0 Å². The predicted molar refractivity (Wildman–Crippen MR) is 142 cm³/mol. The molecule has 0 aliphatic carbocycles. The molecule has 4 rings (SSSR count). The van der Waals surface area contributed by atoms with Crippen LogP contribution < -0.4 is 20.1 Å². The zero-order valence-corrected chi connectivity index (χ0v) is 20.7. The summed E-state index contributed by atoms with van der Waals surface area (Å²) < 4.78 is 2.00. The van der Waals surface area contributed by atoms with E-state index < -0.39 is 5.91 Å². The lowest BCUT2D eigenvalue weighted by atomic mass is 10.0. The number of amides is 1. The zero-order chi connectivity index (χ0) is 24.9. The van der Waals surface area contributed by atoms with E-state index in [2.05, 4.69) is 19.2 Å². The SMILES string of the molecule is CC(C)c1ccc(NC(=O)C(C#N)=c2sc(=Cc3ccccc3Cl)c(=O)n2-c2ccccc2)cc1. The first-order valence-electron chi connectivity index (χ1n) is 11.0. The lowest BCUT2D eigenvalue weighted by molar-refractivity contribution is -0.111. The van der Waals surface area contributed by atoms with Gasteiger partial charge in [0.05, 0.1) is 10.2 Å². The number of anilines is 1. The third-order valence-electron chi connectivity index (χ3n) is 5.42. The number of thiazole rings is 1. The van der Waals surface area contributed by atoms with E-state index in [1.165, 1.54) is 4.57 Å². The summed E-state index contributed by atoms with van der Waals surface area (Å²) in [5.41, 5.74) is 2.46. The maximum Gasteiger partial charge on any atom is 0.273 e. The zero-order valence-electron chi connectivity index (χ0n) is 19.2. The fourth-order valence-electron chi connectivity index (χ4n) is 3.54. The maximum absolute atomic E-state index is 13.5. The summed E-state index contributed by atoms with van der Waals surface area (Å²) in [6.45, 7) is 4.18. The fourth-order valence-corrected chi connectivity index (χ4v) is 4.82. The van der Waals surface area contributed by atoms with Crippen LogP contribution in [-0.4, -0.2) is 10.5 Å². The van der Waals surface area contributed by atoms with Gasteiger partial charge in [-0.05, 0) is 53.5 Å². The van der Waals surface area contributed by atoms with Crippen LogP contribution >= 0.6 is 22.9 Å². The van der Waals surface area contributed by atoms with Gasteiger partial charge in [0.25, 0.3) is 11.5 Å². The quantitative estimate of drug-likeness (QED) is 0.428. The Balaban J connectivity index is 1.89. The normalized spacial score (nSPS) is 12.4. The molecule has 1 aromatic heterocycles. The Hall–Kier alpha value is -3.92. The van der Waals surface area contributed by atoms with E-state index in [0.717, 1.165) is 16.9 Å². The molecule has 0 atom stereocenters. The highest BCUT2D eigenvalue weighted by molar-refractivity contribution is 7.07. The average Bonchev–Trinajstić information content (AvgIpc) is 3.17. The highest BCUT2D eigenvalue weighted by atomic mass is 35.5. The summed E-state index contributed by atoms with van der Waals surface area (Å²) in [6.07, 6.45) is 1.68. The van der Waals surface area contributed by atoms with Gasteiger partial charge in [-0.3, -0.25) is 14.2 Å². The number of nitrogens with one attached hydrogen (secondary N) is 1. The van der Waals surface area contributed by atoms with E-state index in [9.17, 15) is 14.9 Å². The highest BCUT2D eigenvalue weighted by Crippen LogP contribution is 2.18. The summed E-state index contributed by atoms with van der Waals surface area (Å²) in [5.74, 6) is -0.222. The minimum absolute atomic E-state index is 0.150. The summed E-state index contributed by atoms with van der Waals surface area (Å²) in [4.78, 5) is 26.6. The number of carbonyl (C=O) groups excluding carboxylic acids is 1. The summed E-state index contributed by atoms with van der Waals surface area (Å²) in [7, 11) is 0. The lowest BCUT2D eigenvalue weighted by Crippen LogP contribution is -2.32. The van der Waals surface area contributed by atoms with Crippen LogP contribution in [0.2, 0.25) is 5.02 Å². The van der Waals surface area contributed by atoms with E-state index in [-0.39, 0.29) is 15.8 Å². The van der Waals surface area contributed by atoms with Gasteiger partial charge in [-0.15, -0.1) is 11.3 Å². The summed E-state index contributed by atoms with van der Waals surface area (Å²) in [5, 5.41) is 13.2. The van der Waals surface area contributed by atoms with Gasteiger partial charge >= 0.3 is 0 Å². The van der Waals surface area contributed by atoms with E-state index in [0.29, 0.717) is 32.4 Å². The summed E-state index contributed by atoms with van der Waals surface area (Å²) >= 11 is 7.37. The van der Waals surface area contributed by atoms with Crippen molar-refractivity contribution in [1.82, 2.24) is 4.57 Å². The van der Waals surface area contributed by atoms with Gasteiger partial charge in [0.1, 0.15) is 10.7 Å². The Morgan fingerprint density at radius 3 is 2.31 bits per heavy atom. The van der Waals surface area contributed by atoms with Gasteiger partial charge in [0, 0.05) is 10.7 Å². The summed E-state index contributed by atoms with van der Waals surface area (Å²) in [6, 6.07) is 25.6. The average molecular weight is 500 g/mol. The number of halogens is 1. The van der Waals surface area contributed by atoms with Crippen LogP contribution in [0.25, 0.3) is 17.3 Å². The molecule has 1 amide bonds. The molecule has 0 bridgehead atoms. The Bertz CT molecular complexity index is 1600. The molecule has 0 saturated heterocycles. The molecular formula is C28H22ClN3O2S. The van der Waals surface area contributed by atoms with Crippen LogP contribution in [0, 0.1) is 11.3 Å². The van der Waals surface area contributed by atoms with Crippen molar-refractivity contribution < 1.29 is 4.79 Å². The van der Waals surface area contributed by atoms with Crippen LogP contribution in [0.4, 0.5) is 5.69 Å². The molecule has 0 unspecified atom stereocenters. The van der Waals surface area contributed by atoms with Crippen molar-refractivity contribution in [2.24, 2.45) is 0 Å². The number of aromatic nitrogens is 1. The maximum atomic E-state index is 13.5. The van der Waals surface area contributed by atoms with Crippen LogP contribution in [0.1, 0.15) is 30.9 Å². The first kappa shape index (κ1) is 24.2. The number of nitriles is 1. The Morgan fingerprint density at radius 1 is 1.03 bits per heavy atom. The predicted octanol–water partition coefficient (Wildman–Crippen LogP) is 4.82. The Morgan fingerprint density at radius 2 is 1.69 bits per heavy atom. The van der Waals surface area contributed by atoms with Crippen LogP contribution in [0.5, 0.6) is 0 Å². The van der Waals surface area contributed by atoms with Crippen molar-refractivity contribution in [3.05, 3.63) is 115 Å². The van der Waals surface area contributed by atoms with Gasteiger partial charge in [0.2, 0.25) is 0 Å².